The smallest absolute Gasteiger partial charge is 0.414 e. The van der Waals surface area contributed by atoms with Gasteiger partial charge in [-0.2, -0.15) is 4.31 Å². The third-order valence-electron chi connectivity index (χ3n) is 4.00. The molecule has 2 amide bonds. The molecule has 1 aromatic heterocycles. The number of sulfonamides is 1. The molecule has 1 N–H and O–H groups in total. The lowest BCUT2D eigenvalue weighted by molar-refractivity contribution is -0.121. The van der Waals surface area contributed by atoms with E-state index in [0.29, 0.717) is 18.8 Å². The van der Waals surface area contributed by atoms with Crippen molar-refractivity contribution in [2.75, 3.05) is 31.6 Å². The number of likely N-dealkylation sites (N-methyl/N-ethyl adjacent to an activating group) is 1. The number of nitrogens with zero attached hydrogens (tertiary/aromatic N) is 2. The van der Waals surface area contributed by atoms with E-state index in [9.17, 15) is 18.0 Å². The maximum absolute atomic E-state index is 12.3. The monoisotopic (exact) mass is 409 g/mol. The molecule has 8 nitrogen and oxygen atoms in total. The normalized spacial score (nSPS) is 14.4. The molecular weight excluding hydrogens is 390 g/mol. The van der Waals surface area contributed by atoms with Gasteiger partial charge in [0.15, 0.2) is 0 Å². The van der Waals surface area contributed by atoms with Gasteiger partial charge in [-0.3, -0.25) is 9.69 Å². The van der Waals surface area contributed by atoms with Gasteiger partial charge in [-0.15, -0.1) is 11.3 Å². The molecule has 0 radical (unpaired) electrons. The Morgan fingerprint density at radius 1 is 1.33 bits per heavy atom. The van der Waals surface area contributed by atoms with Crippen LogP contribution < -0.4 is 10.2 Å². The Bertz CT molecular complexity index is 928. The molecule has 10 heteroatoms. The first-order valence-corrected chi connectivity index (χ1v) is 10.5. The highest BCUT2D eigenvalue weighted by atomic mass is 32.2. The van der Waals surface area contributed by atoms with Gasteiger partial charge in [-0.25, -0.2) is 13.2 Å². The van der Waals surface area contributed by atoms with Gasteiger partial charge in [0.05, 0.1) is 13.1 Å². The number of carbonyl (C=O) groups excluding carboxylic acids is 2. The zero-order valence-corrected chi connectivity index (χ0v) is 16.3. The second kappa shape index (κ2) is 8.07. The van der Waals surface area contributed by atoms with Gasteiger partial charge in [0.1, 0.15) is 10.8 Å². The SMILES string of the molecule is CN(CC(=O)NCc1cccc(N2CCOC2=O)c1)S(=O)(=O)c1cccs1. The van der Waals surface area contributed by atoms with Crippen LogP contribution in [0.5, 0.6) is 0 Å². The molecule has 2 heterocycles. The van der Waals surface area contributed by atoms with E-state index in [1.807, 2.05) is 6.07 Å². The highest BCUT2D eigenvalue weighted by Gasteiger charge is 2.25. The molecule has 1 saturated heterocycles. The van der Waals surface area contributed by atoms with E-state index in [0.717, 1.165) is 21.2 Å². The van der Waals surface area contributed by atoms with Gasteiger partial charge in [-0.1, -0.05) is 18.2 Å². The number of hydrogen-bond donors (Lipinski definition) is 1. The van der Waals surface area contributed by atoms with Gasteiger partial charge >= 0.3 is 6.09 Å². The van der Waals surface area contributed by atoms with Crippen LogP contribution in [0.1, 0.15) is 5.56 Å². The molecule has 1 aliphatic rings. The van der Waals surface area contributed by atoms with Crippen LogP contribution in [0.2, 0.25) is 0 Å². The van der Waals surface area contributed by atoms with Crippen LogP contribution in [-0.2, 0) is 26.1 Å². The summed E-state index contributed by atoms with van der Waals surface area (Å²) in [6, 6.07) is 10.3. The summed E-state index contributed by atoms with van der Waals surface area (Å²) >= 11 is 1.11. The number of ether oxygens (including phenoxy) is 1. The molecule has 1 aromatic carbocycles. The van der Waals surface area contributed by atoms with Gasteiger partial charge in [0.25, 0.3) is 10.0 Å². The molecule has 1 fully saturated rings. The summed E-state index contributed by atoms with van der Waals surface area (Å²) in [6.07, 6.45) is -0.392. The van der Waals surface area contributed by atoms with Crippen molar-refractivity contribution in [2.45, 2.75) is 10.8 Å². The number of amides is 2. The average Bonchev–Trinajstić information content (AvgIpc) is 3.32. The Balaban J connectivity index is 1.57. The standard InChI is InChI=1S/C17H19N3O5S2/c1-19(27(23,24)16-6-3-9-26-16)12-15(21)18-11-13-4-2-5-14(10-13)20-7-8-25-17(20)22/h2-6,9-10H,7-8,11-12H2,1H3,(H,18,21). The number of hydrogen-bond acceptors (Lipinski definition) is 6. The third-order valence-corrected chi connectivity index (χ3v) is 7.18. The number of carbonyl (C=O) groups is 2. The fourth-order valence-electron chi connectivity index (χ4n) is 2.57. The Morgan fingerprint density at radius 2 is 2.15 bits per heavy atom. The van der Waals surface area contributed by atoms with Gasteiger partial charge in [0, 0.05) is 19.3 Å². The van der Waals surface area contributed by atoms with Crippen LogP contribution >= 0.6 is 11.3 Å². The highest BCUT2D eigenvalue weighted by Crippen LogP contribution is 2.21. The largest absolute Gasteiger partial charge is 0.447 e. The summed E-state index contributed by atoms with van der Waals surface area (Å²) < 4.78 is 30.8. The molecule has 0 saturated carbocycles. The summed E-state index contributed by atoms with van der Waals surface area (Å²) in [5.41, 5.74) is 1.49. The first-order valence-electron chi connectivity index (χ1n) is 8.18. The predicted molar refractivity (Wildman–Crippen MR) is 101 cm³/mol. The maximum atomic E-state index is 12.3. The van der Waals surface area contributed by atoms with Crippen molar-refractivity contribution in [1.29, 1.82) is 0 Å². The average molecular weight is 409 g/mol. The van der Waals surface area contributed by atoms with Crippen molar-refractivity contribution in [3.05, 3.63) is 47.3 Å². The predicted octanol–water partition coefficient (Wildman–Crippen LogP) is 1.64. The number of nitrogens with one attached hydrogen (secondary N) is 1. The van der Waals surface area contributed by atoms with E-state index in [2.05, 4.69) is 5.32 Å². The molecular formula is C17H19N3O5S2. The molecule has 0 aliphatic carbocycles. The zero-order valence-electron chi connectivity index (χ0n) is 14.6. The minimum atomic E-state index is -3.66. The van der Waals surface area contributed by atoms with Crippen molar-refractivity contribution < 1.29 is 22.7 Å². The van der Waals surface area contributed by atoms with Crippen LogP contribution in [0, 0.1) is 0 Å². The zero-order chi connectivity index (χ0) is 19.4. The lowest BCUT2D eigenvalue weighted by Gasteiger charge is -2.16. The van der Waals surface area contributed by atoms with Crippen molar-refractivity contribution >= 4 is 39.0 Å². The molecule has 0 unspecified atom stereocenters. The second-order valence-electron chi connectivity index (χ2n) is 5.91. The van der Waals surface area contributed by atoms with E-state index < -0.39 is 22.0 Å². The highest BCUT2D eigenvalue weighted by molar-refractivity contribution is 7.91. The third kappa shape index (κ3) is 4.46. The second-order valence-corrected chi connectivity index (χ2v) is 9.13. The minimum absolute atomic E-state index is 0.197. The molecule has 0 spiro atoms. The van der Waals surface area contributed by atoms with Crippen LogP contribution in [0.25, 0.3) is 0 Å². The Morgan fingerprint density at radius 3 is 2.81 bits per heavy atom. The fourth-order valence-corrected chi connectivity index (χ4v) is 4.90. The number of thiophene rings is 1. The summed E-state index contributed by atoms with van der Waals surface area (Å²) in [5.74, 6) is -0.413. The summed E-state index contributed by atoms with van der Waals surface area (Å²) in [4.78, 5) is 25.3. The Kier molecular flexibility index (Phi) is 5.78. The molecule has 3 rings (SSSR count). The lowest BCUT2D eigenvalue weighted by atomic mass is 10.2. The van der Waals surface area contributed by atoms with Crippen molar-refractivity contribution in [3.63, 3.8) is 0 Å². The van der Waals surface area contributed by atoms with E-state index in [4.69, 9.17) is 4.74 Å². The molecule has 144 valence electrons. The van der Waals surface area contributed by atoms with Gasteiger partial charge < -0.3 is 10.1 Å². The Labute approximate surface area is 161 Å². The van der Waals surface area contributed by atoms with Crippen LogP contribution in [-0.4, -0.2) is 51.5 Å². The first-order chi connectivity index (χ1) is 12.9. The van der Waals surface area contributed by atoms with E-state index >= 15 is 0 Å². The summed E-state index contributed by atoms with van der Waals surface area (Å²) in [7, 11) is -2.30. The van der Waals surface area contributed by atoms with Gasteiger partial charge in [-0.05, 0) is 29.1 Å². The number of anilines is 1. The lowest BCUT2D eigenvalue weighted by Crippen LogP contribution is -2.37. The molecule has 0 atom stereocenters. The minimum Gasteiger partial charge on any atom is -0.447 e. The van der Waals surface area contributed by atoms with Crippen LogP contribution in [0.3, 0.4) is 0 Å². The van der Waals surface area contributed by atoms with E-state index in [1.165, 1.54) is 18.0 Å². The van der Waals surface area contributed by atoms with Crippen LogP contribution in [0.15, 0.2) is 46.0 Å². The molecule has 0 bridgehead atoms. The molecule has 1 aliphatic heterocycles. The first kappa shape index (κ1) is 19.3. The van der Waals surface area contributed by atoms with E-state index in [-0.39, 0.29) is 17.3 Å². The van der Waals surface area contributed by atoms with Crippen molar-refractivity contribution in [1.82, 2.24) is 9.62 Å². The number of rotatable bonds is 7. The Hall–Kier alpha value is -2.43. The van der Waals surface area contributed by atoms with Crippen LogP contribution in [0.4, 0.5) is 10.5 Å². The van der Waals surface area contributed by atoms with Gasteiger partial charge in [0.2, 0.25) is 5.91 Å². The number of benzene rings is 1. The fraction of sp³-hybridized carbons (Fsp3) is 0.294. The quantitative estimate of drug-likeness (QED) is 0.750. The molecule has 2 aromatic rings. The van der Waals surface area contributed by atoms with Crippen molar-refractivity contribution in [2.24, 2.45) is 0 Å². The molecule has 27 heavy (non-hydrogen) atoms. The maximum Gasteiger partial charge on any atom is 0.414 e. The van der Waals surface area contributed by atoms with E-state index in [1.54, 1.807) is 29.6 Å². The topological polar surface area (TPSA) is 96.0 Å². The summed E-state index contributed by atoms with van der Waals surface area (Å²) in [5, 5.41) is 4.37. The number of cyclic esters (lactones) is 1. The summed E-state index contributed by atoms with van der Waals surface area (Å²) in [6.45, 7) is 0.783. The van der Waals surface area contributed by atoms with Crippen molar-refractivity contribution in [3.8, 4) is 0 Å².